The molecule has 1 aliphatic rings. The second-order valence-corrected chi connectivity index (χ2v) is 4.90. The highest BCUT2D eigenvalue weighted by Crippen LogP contribution is 2.16. The Balaban J connectivity index is 2.35. The zero-order chi connectivity index (χ0) is 11.6. The van der Waals surface area contributed by atoms with E-state index < -0.39 is 10.0 Å². The summed E-state index contributed by atoms with van der Waals surface area (Å²) in [7, 11) is -3.61. The number of nitrogens with zero attached hydrogens (tertiary/aromatic N) is 2. The van der Waals surface area contributed by atoms with Gasteiger partial charge in [-0.1, -0.05) is 0 Å². The van der Waals surface area contributed by atoms with Crippen LogP contribution in [0.3, 0.4) is 0 Å². The van der Waals surface area contributed by atoms with Crippen LogP contribution in [0.5, 0.6) is 0 Å². The summed E-state index contributed by atoms with van der Waals surface area (Å²) < 4.78 is 24.9. The Morgan fingerprint density at radius 1 is 1.25 bits per heavy atom. The van der Waals surface area contributed by atoms with Crippen LogP contribution in [-0.2, 0) is 10.0 Å². The lowest BCUT2D eigenvalue weighted by Gasteiger charge is -2.20. The summed E-state index contributed by atoms with van der Waals surface area (Å²) in [5.74, 6) is 0. The monoisotopic (exact) mass is 238 g/mol. The van der Waals surface area contributed by atoms with E-state index in [1.165, 1.54) is 42.8 Å². The molecule has 0 saturated heterocycles. The van der Waals surface area contributed by atoms with E-state index in [1.54, 1.807) is 0 Å². The molecule has 0 bridgehead atoms. The van der Waals surface area contributed by atoms with Crippen molar-refractivity contribution in [2.24, 2.45) is 5.10 Å². The molecule has 3 N–H and O–H groups in total. The van der Waals surface area contributed by atoms with Gasteiger partial charge in [-0.15, -0.1) is 0 Å². The van der Waals surface area contributed by atoms with E-state index in [4.69, 9.17) is 5.73 Å². The van der Waals surface area contributed by atoms with Gasteiger partial charge in [-0.3, -0.25) is 0 Å². The summed E-state index contributed by atoms with van der Waals surface area (Å²) in [6.45, 7) is 0. The fourth-order valence-corrected chi connectivity index (χ4v) is 2.26. The zero-order valence-corrected chi connectivity index (χ0v) is 9.05. The third-order valence-corrected chi connectivity index (χ3v) is 3.56. The first-order chi connectivity index (χ1) is 7.60. The Labute approximate surface area is 93.1 Å². The molecular formula is C9H10N4O2S. The second-order valence-electron chi connectivity index (χ2n) is 3.09. The zero-order valence-electron chi connectivity index (χ0n) is 8.24. The highest BCUT2D eigenvalue weighted by atomic mass is 32.2. The number of hydrogen-bond acceptors (Lipinski definition) is 5. The minimum Gasteiger partial charge on any atom is -0.399 e. The minimum absolute atomic E-state index is 0.149. The molecule has 0 spiro atoms. The molecule has 0 fully saturated rings. The fraction of sp³-hybridized carbons (Fsp3) is 0. The van der Waals surface area contributed by atoms with Crippen LogP contribution >= 0.6 is 0 Å². The molecule has 0 atom stereocenters. The van der Waals surface area contributed by atoms with Crippen molar-refractivity contribution in [3.05, 3.63) is 36.5 Å². The molecule has 0 aromatic heterocycles. The molecule has 2 rings (SSSR count). The number of hydrazine groups is 1. The number of hydrazone groups is 1. The van der Waals surface area contributed by atoms with Crippen LogP contribution in [0.25, 0.3) is 0 Å². The van der Waals surface area contributed by atoms with Crippen molar-refractivity contribution in [1.82, 2.24) is 9.95 Å². The summed E-state index contributed by atoms with van der Waals surface area (Å²) >= 11 is 0. The number of nitrogens with one attached hydrogen (secondary N) is 1. The molecule has 0 saturated carbocycles. The Bertz CT molecular complexity index is 533. The van der Waals surface area contributed by atoms with Crippen LogP contribution in [0.1, 0.15) is 0 Å². The predicted molar refractivity (Wildman–Crippen MR) is 60.6 cm³/mol. The lowest BCUT2D eigenvalue weighted by molar-refractivity contribution is 0.409. The van der Waals surface area contributed by atoms with Gasteiger partial charge in [-0.25, -0.2) is 5.53 Å². The summed E-state index contributed by atoms with van der Waals surface area (Å²) in [5, 5.41) is 3.63. The molecule has 7 heteroatoms. The van der Waals surface area contributed by atoms with Gasteiger partial charge in [0.25, 0.3) is 10.0 Å². The minimum atomic E-state index is -3.61. The molecule has 0 amide bonds. The van der Waals surface area contributed by atoms with Crippen molar-refractivity contribution in [1.29, 1.82) is 0 Å². The van der Waals surface area contributed by atoms with E-state index in [2.05, 4.69) is 10.6 Å². The SMILES string of the molecule is Nc1ccc(S(=O)(=O)N2C=CC=NN2)cc1. The van der Waals surface area contributed by atoms with Crippen molar-refractivity contribution in [2.45, 2.75) is 4.90 Å². The fourth-order valence-electron chi connectivity index (χ4n) is 1.17. The van der Waals surface area contributed by atoms with Gasteiger partial charge < -0.3 is 5.73 Å². The second kappa shape index (κ2) is 3.86. The normalized spacial score (nSPS) is 14.9. The van der Waals surface area contributed by atoms with Crippen molar-refractivity contribution in [2.75, 3.05) is 5.73 Å². The van der Waals surface area contributed by atoms with Gasteiger partial charge in [0.2, 0.25) is 0 Å². The molecular weight excluding hydrogens is 228 g/mol. The predicted octanol–water partition coefficient (Wildman–Crippen LogP) is 0.277. The van der Waals surface area contributed by atoms with Crippen LogP contribution in [-0.4, -0.2) is 19.0 Å². The number of rotatable bonds is 2. The Morgan fingerprint density at radius 3 is 2.50 bits per heavy atom. The van der Waals surface area contributed by atoms with E-state index in [0.29, 0.717) is 5.69 Å². The summed E-state index contributed by atoms with van der Waals surface area (Å²) in [6, 6.07) is 5.95. The summed E-state index contributed by atoms with van der Waals surface area (Å²) in [6.07, 6.45) is 4.35. The maximum absolute atomic E-state index is 12.0. The Hall–Kier alpha value is -2.02. The lowest BCUT2D eigenvalue weighted by atomic mass is 10.3. The average Bonchev–Trinajstić information content (AvgIpc) is 2.31. The van der Waals surface area contributed by atoms with Crippen LogP contribution in [0.2, 0.25) is 0 Å². The number of anilines is 1. The first-order valence-electron chi connectivity index (χ1n) is 4.46. The molecule has 0 unspecified atom stereocenters. The molecule has 1 aromatic carbocycles. The molecule has 0 aliphatic carbocycles. The number of nitrogen functional groups attached to an aromatic ring is 1. The van der Waals surface area contributed by atoms with Crippen LogP contribution < -0.4 is 11.3 Å². The van der Waals surface area contributed by atoms with Crippen molar-refractivity contribution in [3.63, 3.8) is 0 Å². The Kier molecular flexibility index (Phi) is 2.53. The summed E-state index contributed by atoms with van der Waals surface area (Å²) in [4.78, 5) is 0.149. The molecule has 16 heavy (non-hydrogen) atoms. The van der Waals surface area contributed by atoms with Crippen LogP contribution in [0.15, 0.2) is 46.5 Å². The molecule has 84 valence electrons. The number of nitrogens with two attached hydrogens (primary N) is 1. The molecule has 6 nitrogen and oxygen atoms in total. The lowest BCUT2D eigenvalue weighted by Crippen LogP contribution is -2.36. The molecule has 0 radical (unpaired) electrons. The number of allylic oxidation sites excluding steroid dienone is 1. The van der Waals surface area contributed by atoms with Crippen LogP contribution in [0.4, 0.5) is 5.69 Å². The van der Waals surface area contributed by atoms with E-state index in [9.17, 15) is 8.42 Å². The summed E-state index contributed by atoms with van der Waals surface area (Å²) in [5.41, 5.74) is 8.37. The number of hydrogen-bond donors (Lipinski definition) is 2. The smallest absolute Gasteiger partial charge is 0.282 e. The van der Waals surface area contributed by atoms with Gasteiger partial charge in [-0.2, -0.15) is 17.9 Å². The standard InChI is InChI=1S/C9H10N4O2S/c10-8-2-4-9(5-3-8)16(14,15)13-7-1-6-11-12-13/h1-7,12H,10H2. The van der Waals surface area contributed by atoms with E-state index in [0.717, 1.165) is 4.41 Å². The van der Waals surface area contributed by atoms with Crippen molar-refractivity contribution < 1.29 is 8.42 Å². The van der Waals surface area contributed by atoms with E-state index in [1.807, 2.05) is 0 Å². The third-order valence-electron chi connectivity index (χ3n) is 1.98. The van der Waals surface area contributed by atoms with Gasteiger partial charge in [-0.05, 0) is 30.3 Å². The number of benzene rings is 1. The number of sulfonamides is 1. The van der Waals surface area contributed by atoms with Gasteiger partial charge in [0.05, 0.1) is 11.1 Å². The first-order valence-corrected chi connectivity index (χ1v) is 5.90. The van der Waals surface area contributed by atoms with E-state index >= 15 is 0 Å². The van der Waals surface area contributed by atoms with Crippen LogP contribution in [0, 0.1) is 0 Å². The largest absolute Gasteiger partial charge is 0.399 e. The van der Waals surface area contributed by atoms with Crippen molar-refractivity contribution >= 4 is 21.9 Å². The first kappa shape index (κ1) is 10.5. The maximum Gasteiger partial charge on any atom is 0.282 e. The average molecular weight is 238 g/mol. The van der Waals surface area contributed by atoms with Crippen molar-refractivity contribution in [3.8, 4) is 0 Å². The quantitative estimate of drug-likeness (QED) is 0.724. The van der Waals surface area contributed by atoms with Gasteiger partial charge in [0.15, 0.2) is 0 Å². The maximum atomic E-state index is 12.0. The molecule has 1 heterocycles. The van der Waals surface area contributed by atoms with Gasteiger partial charge in [0.1, 0.15) is 0 Å². The third kappa shape index (κ3) is 1.84. The molecule has 1 aliphatic heterocycles. The van der Waals surface area contributed by atoms with E-state index in [-0.39, 0.29) is 4.90 Å². The van der Waals surface area contributed by atoms with Gasteiger partial charge >= 0.3 is 0 Å². The highest BCUT2D eigenvalue weighted by molar-refractivity contribution is 7.89. The Morgan fingerprint density at radius 2 is 1.94 bits per heavy atom. The highest BCUT2D eigenvalue weighted by Gasteiger charge is 2.21. The topological polar surface area (TPSA) is 87.8 Å². The van der Waals surface area contributed by atoms with Gasteiger partial charge in [0, 0.05) is 11.9 Å². The molecule has 1 aromatic rings.